The maximum absolute atomic E-state index is 12.3. The molecule has 0 aromatic heterocycles. The molecule has 1 aromatic rings. The second kappa shape index (κ2) is 2.73. The molecule has 0 fully saturated rings. The van der Waals surface area contributed by atoms with Crippen molar-refractivity contribution in [2.24, 2.45) is 0 Å². The molecule has 0 bridgehead atoms. The minimum Gasteiger partial charge on any atom is -0.206 e. The van der Waals surface area contributed by atoms with Crippen LogP contribution in [0.2, 0.25) is 0 Å². The van der Waals surface area contributed by atoms with E-state index in [4.69, 9.17) is 0 Å². The largest absolute Gasteiger partial charge is 0.267 e. The Balaban J connectivity index is 3.03. The van der Waals surface area contributed by atoms with Crippen LogP contribution in [0.15, 0.2) is 12.1 Å². The Morgan fingerprint density at radius 1 is 1.20 bits per heavy atom. The number of halogens is 3. The van der Waals surface area contributed by atoms with Crippen molar-refractivity contribution in [3.63, 3.8) is 0 Å². The van der Waals surface area contributed by atoms with Crippen LogP contribution in [0.5, 0.6) is 0 Å². The molecule has 0 saturated carbocycles. The first-order valence-electron chi connectivity index (χ1n) is 2.57. The Morgan fingerprint density at radius 2 is 1.80 bits per heavy atom. The van der Waals surface area contributed by atoms with Gasteiger partial charge in [-0.3, -0.25) is 0 Å². The van der Waals surface area contributed by atoms with Crippen LogP contribution in [0.4, 0.5) is 13.2 Å². The van der Waals surface area contributed by atoms with Crippen molar-refractivity contribution in [3.8, 4) is 0 Å². The van der Waals surface area contributed by atoms with Gasteiger partial charge in [0.15, 0.2) is 0 Å². The van der Waals surface area contributed by atoms with Crippen molar-refractivity contribution in [2.45, 2.75) is 6.43 Å². The Hall–Kier alpha value is -0.990. The molecular formula is C7H3F3. The molecule has 0 aliphatic rings. The molecule has 0 unspecified atom stereocenters. The number of alkyl halides is 2. The third-order valence-corrected chi connectivity index (χ3v) is 0.987. The van der Waals surface area contributed by atoms with E-state index >= 15 is 0 Å². The molecule has 1 aromatic carbocycles. The lowest BCUT2D eigenvalue weighted by Gasteiger charge is -1.97. The second-order valence-corrected chi connectivity index (χ2v) is 1.65. The van der Waals surface area contributed by atoms with Crippen LogP contribution in [0.25, 0.3) is 0 Å². The summed E-state index contributed by atoms with van der Waals surface area (Å²) in [6.45, 7) is 0. The Kier molecular flexibility index (Phi) is 1.94. The van der Waals surface area contributed by atoms with Crippen LogP contribution < -0.4 is 0 Å². The molecule has 0 spiro atoms. The van der Waals surface area contributed by atoms with E-state index in [0.717, 1.165) is 0 Å². The topological polar surface area (TPSA) is 0 Å². The first-order chi connectivity index (χ1) is 4.72. The third-order valence-electron chi connectivity index (χ3n) is 0.987. The summed E-state index contributed by atoms with van der Waals surface area (Å²) >= 11 is 0. The molecule has 0 heterocycles. The van der Waals surface area contributed by atoms with Gasteiger partial charge in [-0.05, 0) is 6.07 Å². The van der Waals surface area contributed by atoms with E-state index in [1.165, 1.54) is 12.1 Å². The maximum Gasteiger partial charge on any atom is 0.267 e. The van der Waals surface area contributed by atoms with Gasteiger partial charge >= 0.3 is 0 Å². The van der Waals surface area contributed by atoms with E-state index in [9.17, 15) is 13.2 Å². The third kappa shape index (κ3) is 1.29. The first kappa shape index (κ1) is 7.12. The van der Waals surface area contributed by atoms with Crippen molar-refractivity contribution < 1.29 is 13.2 Å². The number of benzene rings is 1. The summed E-state index contributed by atoms with van der Waals surface area (Å²) in [6.07, 6.45) is -2.81. The zero-order chi connectivity index (χ0) is 7.56. The second-order valence-electron chi connectivity index (χ2n) is 1.65. The van der Waals surface area contributed by atoms with Gasteiger partial charge in [-0.15, -0.1) is 0 Å². The summed E-state index contributed by atoms with van der Waals surface area (Å²) in [5, 5.41) is 0. The fourth-order valence-corrected chi connectivity index (χ4v) is 0.546. The molecule has 0 saturated heterocycles. The predicted molar refractivity (Wildman–Crippen MR) is 29.0 cm³/mol. The standard InChI is InChI=1S/C7H3F3/c8-6-4-2-1-3-5(6)7(9)10/h1-2,7H. The zero-order valence-electron chi connectivity index (χ0n) is 4.87. The minimum absolute atomic E-state index is 0.720. The monoisotopic (exact) mass is 144 g/mol. The summed E-state index contributed by atoms with van der Waals surface area (Å²) in [7, 11) is 0. The number of hydrogen-bond donors (Lipinski definition) is 0. The molecule has 0 amide bonds. The Morgan fingerprint density at radius 3 is 2.20 bits per heavy atom. The number of rotatable bonds is 1. The van der Waals surface area contributed by atoms with Crippen LogP contribution in [-0.2, 0) is 0 Å². The first-order valence-corrected chi connectivity index (χ1v) is 2.57. The highest BCUT2D eigenvalue weighted by atomic mass is 19.3. The van der Waals surface area contributed by atoms with Crippen LogP contribution in [0, 0.1) is 17.9 Å². The molecule has 0 aliphatic heterocycles. The van der Waals surface area contributed by atoms with Gasteiger partial charge in [0, 0.05) is 6.07 Å². The highest BCUT2D eigenvalue weighted by Gasteiger charge is 2.11. The van der Waals surface area contributed by atoms with Crippen molar-refractivity contribution >= 4 is 0 Å². The minimum atomic E-state index is -2.81. The molecule has 52 valence electrons. The fraction of sp³-hybridized carbons (Fsp3) is 0.143. The average Bonchev–Trinajstić information content (AvgIpc) is 1.88. The maximum atomic E-state index is 12.3. The lowest BCUT2D eigenvalue weighted by Crippen LogP contribution is -1.88. The summed E-state index contributed by atoms with van der Waals surface area (Å²) < 4.78 is 35.7. The summed E-state index contributed by atoms with van der Waals surface area (Å²) in [4.78, 5) is 0. The van der Waals surface area contributed by atoms with E-state index in [2.05, 4.69) is 6.07 Å². The molecule has 0 nitrogen and oxygen atoms in total. The lowest BCUT2D eigenvalue weighted by atomic mass is 10.2. The van der Waals surface area contributed by atoms with E-state index in [0.29, 0.717) is 0 Å². The highest BCUT2D eigenvalue weighted by Crippen LogP contribution is 2.19. The summed E-state index contributed by atoms with van der Waals surface area (Å²) in [5.41, 5.74) is -0.720. The van der Waals surface area contributed by atoms with Gasteiger partial charge in [0.05, 0.1) is 5.56 Å². The van der Waals surface area contributed by atoms with Crippen LogP contribution in [-0.4, -0.2) is 0 Å². The Bertz CT molecular complexity index is 220. The fourth-order valence-electron chi connectivity index (χ4n) is 0.546. The van der Waals surface area contributed by atoms with Crippen LogP contribution in [0.1, 0.15) is 12.0 Å². The van der Waals surface area contributed by atoms with Gasteiger partial charge in [0.2, 0.25) is 0 Å². The van der Waals surface area contributed by atoms with E-state index in [-0.39, 0.29) is 0 Å². The van der Waals surface area contributed by atoms with Gasteiger partial charge in [0.25, 0.3) is 6.43 Å². The van der Waals surface area contributed by atoms with Gasteiger partial charge in [0.1, 0.15) is 5.82 Å². The van der Waals surface area contributed by atoms with Crippen LogP contribution in [0.3, 0.4) is 0 Å². The summed E-state index contributed by atoms with van der Waals surface area (Å²) in [6, 6.07) is 6.48. The zero-order valence-corrected chi connectivity index (χ0v) is 4.87. The molecule has 1 rings (SSSR count). The van der Waals surface area contributed by atoms with E-state index in [1.54, 1.807) is 0 Å². The molecule has 2 radical (unpaired) electrons. The quantitative estimate of drug-likeness (QED) is 0.567. The molecule has 0 aliphatic carbocycles. The van der Waals surface area contributed by atoms with Crippen LogP contribution >= 0.6 is 0 Å². The van der Waals surface area contributed by atoms with Crippen molar-refractivity contribution in [1.29, 1.82) is 0 Å². The van der Waals surface area contributed by atoms with Crippen molar-refractivity contribution in [1.82, 2.24) is 0 Å². The van der Waals surface area contributed by atoms with Crippen molar-refractivity contribution in [3.05, 3.63) is 35.6 Å². The molecular weight excluding hydrogens is 141 g/mol. The van der Waals surface area contributed by atoms with Crippen molar-refractivity contribution in [2.75, 3.05) is 0 Å². The van der Waals surface area contributed by atoms with E-state index < -0.39 is 17.8 Å². The molecule has 10 heavy (non-hydrogen) atoms. The Labute approximate surface area is 56.3 Å². The molecule has 0 N–H and O–H groups in total. The predicted octanol–water partition coefficient (Wildman–Crippen LogP) is 2.36. The normalized spacial score (nSPS) is 10.4. The smallest absolute Gasteiger partial charge is 0.206 e. The molecule has 3 heteroatoms. The van der Waals surface area contributed by atoms with Gasteiger partial charge in [-0.25, -0.2) is 13.2 Å². The lowest BCUT2D eigenvalue weighted by molar-refractivity contribution is 0.146. The van der Waals surface area contributed by atoms with Gasteiger partial charge in [-0.2, -0.15) is 0 Å². The SMILES string of the molecule is Fc1[c]cc[c]c1C(F)F. The average molecular weight is 144 g/mol. The van der Waals surface area contributed by atoms with Gasteiger partial charge < -0.3 is 0 Å². The number of hydrogen-bond acceptors (Lipinski definition) is 0. The highest BCUT2D eigenvalue weighted by molar-refractivity contribution is 5.15. The summed E-state index contributed by atoms with van der Waals surface area (Å²) in [5.74, 6) is -1.03. The van der Waals surface area contributed by atoms with Gasteiger partial charge in [-0.1, -0.05) is 12.1 Å². The van der Waals surface area contributed by atoms with E-state index in [1.807, 2.05) is 6.07 Å². The molecule has 0 atom stereocenters.